The summed E-state index contributed by atoms with van der Waals surface area (Å²) in [6, 6.07) is 3.46. The Morgan fingerprint density at radius 1 is 0.778 bits per heavy atom. The SMILES string of the molecule is CCCCCCCCCCCSSCCCCCCCCCCC(=O)CC(CCN1C(=O)C=CC1=O)C(=O)Nc1cccnc1. The molecule has 1 unspecified atom stereocenters. The van der Waals surface area contributed by atoms with Gasteiger partial charge >= 0.3 is 0 Å². The number of hydrogen-bond acceptors (Lipinski definition) is 7. The van der Waals surface area contributed by atoms with E-state index in [0.717, 1.165) is 24.2 Å². The lowest BCUT2D eigenvalue weighted by Gasteiger charge is -2.20. The van der Waals surface area contributed by atoms with Crippen molar-refractivity contribution in [3.63, 3.8) is 0 Å². The highest BCUT2D eigenvalue weighted by molar-refractivity contribution is 8.76. The quantitative estimate of drug-likeness (QED) is 0.0520. The predicted octanol–water partition coefficient (Wildman–Crippen LogP) is 9.33. The normalized spacial score (nSPS) is 13.5. The van der Waals surface area contributed by atoms with Gasteiger partial charge in [-0.25, -0.2) is 0 Å². The van der Waals surface area contributed by atoms with E-state index in [1.807, 2.05) is 10.8 Å². The van der Waals surface area contributed by atoms with Gasteiger partial charge in [-0.2, -0.15) is 0 Å². The molecule has 3 amide bonds. The van der Waals surface area contributed by atoms with Crippen molar-refractivity contribution >= 4 is 50.8 Å². The molecule has 1 atom stereocenters. The maximum Gasteiger partial charge on any atom is 0.253 e. The zero-order valence-corrected chi connectivity index (χ0v) is 29.3. The summed E-state index contributed by atoms with van der Waals surface area (Å²) < 4.78 is 0. The van der Waals surface area contributed by atoms with Crippen LogP contribution in [0.3, 0.4) is 0 Å². The average Bonchev–Trinajstić information content (AvgIpc) is 3.36. The molecule has 0 fully saturated rings. The second-order valence-corrected chi connectivity index (χ2v) is 14.9. The van der Waals surface area contributed by atoms with E-state index < -0.39 is 5.92 Å². The number of hydrogen-bond donors (Lipinski definition) is 1. The molecule has 1 aromatic rings. The molecule has 1 aliphatic heterocycles. The van der Waals surface area contributed by atoms with E-state index in [4.69, 9.17) is 0 Å². The first-order valence-electron chi connectivity index (χ1n) is 17.5. The van der Waals surface area contributed by atoms with E-state index >= 15 is 0 Å². The van der Waals surface area contributed by atoms with Gasteiger partial charge in [-0.05, 0) is 37.8 Å². The summed E-state index contributed by atoms with van der Waals surface area (Å²) >= 11 is 0. The Morgan fingerprint density at radius 2 is 1.31 bits per heavy atom. The van der Waals surface area contributed by atoms with Gasteiger partial charge in [0, 0.05) is 55.2 Å². The number of rotatable bonds is 29. The third kappa shape index (κ3) is 19.2. The highest BCUT2D eigenvalue weighted by Gasteiger charge is 2.27. The number of carbonyl (C=O) groups is 4. The predicted molar refractivity (Wildman–Crippen MR) is 190 cm³/mol. The number of aromatic nitrogens is 1. The van der Waals surface area contributed by atoms with Gasteiger partial charge < -0.3 is 5.32 Å². The molecule has 1 aliphatic rings. The van der Waals surface area contributed by atoms with Gasteiger partial charge in [0.2, 0.25) is 5.91 Å². The van der Waals surface area contributed by atoms with Crippen LogP contribution in [0.25, 0.3) is 0 Å². The van der Waals surface area contributed by atoms with Crippen LogP contribution in [0.2, 0.25) is 0 Å². The van der Waals surface area contributed by atoms with Crippen LogP contribution < -0.4 is 5.32 Å². The third-order valence-corrected chi connectivity index (χ3v) is 10.8. The number of amides is 3. The fraction of sp³-hybridized carbons (Fsp3) is 0.694. The first kappa shape index (κ1) is 39.1. The lowest BCUT2D eigenvalue weighted by atomic mass is 9.94. The van der Waals surface area contributed by atoms with Crippen molar-refractivity contribution in [2.45, 2.75) is 135 Å². The number of anilines is 1. The van der Waals surface area contributed by atoms with Crippen molar-refractivity contribution in [3.8, 4) is 0 Å². The molecule has 7 nitrogen and oxygen atoms in total. The molecule has 1 N–H and O–H groups in total. The van der Waals surface area contributed by atoms with E-state index in [-0.39, 0.29) is 42.9 Å². The fourth-order valence-electron chi connectivity index (χ4n) is 5.45. The number of nitrogens with one attached hydrogen (secondary N) is 1. The second kappa shape index (κ2) is 26.0. The van der Waals surface area contributed by atoms with Gasteiger partial charge in [0.25, 0.3) is 11.8 Å². The summed E-state index contributed by atoms with van der Waals surface area (Å²) in [5.41, 5.74) is 0.553. The number of imide groups is 1. The molecule has 9 heteroatoms. The van der Waals surface area contributed by atoms with E-state index in [2.05, 4.69) is 28.0 Å². The molecule has 0 saturated carbocycles. The zero-order chi connectivity index (χ0) is 32.4. The molecule has 0 radical (unpaired) electrons. The topological polar surface area (TPSA) is 96.4 Å². The van der Waals surface area contributed by atoms with Gasteiger partial charge in [0.15, 0.2) is 0 Å². The Bertz CT molecular complexity index is 987. The first-order chi connectivity index (χ1) is 22.0. The van der Waals surface area contributed by atoms with Crippen LogP contribution in [0.1, 0.15) is 135 Å². The molecule has 45 heavy (non-hydrogen) atoms. The number of ketones is 1. The summed E-state index contributed by atoms with van der Waals surface area (Å²) in [7, 11) is 4.10. The molecular weight excluding hydrogens is 603 g/mol. The van der Waals surface area contributed by atoms with Gasteiger partial charge in [0.1, 0.15) is 5.78 Å². The second-order valence-electron chi connectivity index (χ2n) is 12.2. The standard InChI is InChI=1S/C36H57N3O4S2/c1-2-3-4-5-6-8-11-14-17-27-44-45-28-18-15-12-9-7-10-13-16-21-33(40)29-31(24-26-39-34(41)22-23-35(39)42)36(43)38-32-20-19-25-37-30-32/h19-20,22-23,25,30-31H,2-18,21,24,26-29H2,1H3,(H,38,43). The monoisotopic (exact) mass is 659 g/mol. The molecule has 0 aliphatic carbocycles. The van der Waals surface area contributed by atoms with E-state index in [1.165, 1.54) is 114 Å². The number of pyridine rings is 1. The van der Waals surface area contributed by atoms with Crippen LogP contribution in [0, 0.1) is 5.92 Å². The number of nitrogens with zero attached hydrogens (tertiary/aromatic N) is 2. The van der Waals surface area contributed by atoms with Crippen molar-refractivity contribution in [2.75, 3.05) is 23.4 Å². The molecule has 0 saturated heterocycles. The summed E-state index contributed by atoms with van der Waals surface area (Å²) in [6.45, 7) is 2.39. The third-order valence-electron chi connectivity index (χ3n) is 8.22. The van der Waals surface area contributed by atoms with E-state index in [9.17, 15) is 19.2 Å². The molecule has 0 bridgehead atoms. The highest BCUT2D eigenvalue weighted by Crippen LogP contribution is 2.25. The summed E-state index contributed by atoms with van der Waals surface area (Å²) in [5.74, 6) is 0.926. The van der Waals surface area contributed by atoms with Gasteiger partial charge in [-0.1, -0.05) is 118 Å². The minimum atomic E-state index is -0.620. The van der Waals surface area contributed by atoms with Crippen molar-refractivity contribution in [1.82, 2.24) is 9.88 Å². The highest BCUT2D eigenvalue weighted by atomic mass is 33.1. The van der Waals surface area contributed by atoms with Crippen LogP contribution in [-0.2, 0) is 19.2 Å². The van der Waals surface area contributed by atoms with Gasteiger partial charge in [0.05, 0.1) is 11.9 Å². The van der Waals surface area contributed by atoms with E-state index in [0.29, 0.717) is 12.1 Å². The van der Waals surface area contributed by atoms with Crippen LogP contribution in [0.15, 0.2) is 36.7 Å². The first-order valence-corrected chi connectivity index (χ1v) is 20.0. The Kier molecular flexibility index (Phi) is 22.6. The van der Waals surface area contributed by atoms with Crippen molar-refractivity contribution in [2.24, 2.45) is 5.92 Å². The van der Waals surface area contributed by atoms with Crippen LogP contribution in [-0.4, -0.2) is 51.4 Å². The Balaban J connectivity index is 1.46. The maximum absolute atomic E-state index is 13.0. The molecular formula is C36H57N3O4S2. The summed E-state index contributed by atoms with van der Waals surface area (Å²) in [4.78, 5) is 54.8. The average molecular weight is 660 g/mol. The molecule has 0 spiro atoms. The van der Waals surface area contributed by atoms with Gasteiger partial charge in [-0.15, -0.1) is 0 Å². The van der Waals surface area contributed by atoms with Crippen molar-refractivity contribution in [3.05, 3.63) is 36.7 Å². The van der Waals surface area contributed by atoms with Gasteiger partial charge in [-0.3, -0.25) is 29.1 Å². The van der Waals surface area contributed by atoms with E-state index in [1.54, 1.807) is 24.5 Å². The lowest BCUT2D eigenvalue weighted by molar-refractivity contribution is -0.137. The lowest BCUT2D eigenvalue weighted by Crippen LogP contribution is -2.34. The number of unbranched alkanes of at least 4 members (excludes halogenated alkanes) is 15. The summed E-state index contributed by atoms with van der Waals surface area (Å²) in [5, 5.41) is 2.82. The Hall–Kier alpha value is -2.13. The van der Waals surface area contributed by atoms with Crippen LogP contribution in [0.4, 0.5) is 5.69 Å². The molecule has 2 heterocycles. The van der Waals surface area contributed by atoms with Crippen molar-refractivity contribution in [1.29, 1.82) is 0 Å². The molecule has 1 aromatic heterocycles. The minimum absolute atomic E-state index is 0.0479. The molecule has 252 valence electrons. The Morgan fingerprint density at radius 3 is 1.84 bits per heavy atom. The van der Waals surface area contributed by atoms with Crippen LogP contribution >= 0.6 is 21.6 Å². The largest absolute Gasteiger partial charge is 0.324 e. The van der Waals surface area contributed by atoms with Crippen molar-refractivity contribution < 1.29 is 19.2 Å². The number of carbonyl (C=O) groups excluding carboxylic acids is 4. The molecule has 0 aromatic carbocycles. The Labute approximate surface area is 280 Å². The fourth-order valence-corrected chi connectivity index (χ4v) is 7.75. The summed E-state index contributed by atoms with van der Waals surface area (Å²) in [6.07, 6.45) is 28.3. The minimum Gasteiger partial charge on any atom is -0.324 e. The molecule has 2 rings (SSSR count). The zero-order valence-electron chi connectivity index (χ0n) is 27.6. The number of Topliss-reactive ketones (excluding diaryl/α,β-unsaturated/α-hetero) is 1. The van der Waals surface area contributed by atoms with Crippen LogP contribution in [0.5, 0.6) is 0 Å². The maximum atomic E-state index is 13.0. The smallest absolute Gasteiger partial charge is 0.253 e.